The van der Waals surface area contributed by atoms with E-state index in [0.29, 0.717) is 4.90 Å². The van der Waals surface area contributed by atoms with Crippen molar-refractivity contribution < 1.29 is 8.76 Å². The molecular weight excluding hydrogens is 196 g/mol. The summed E-state index contributed by atoms with van der Waals surface area (Å²) in [6.45, 7) is 5.61. The normalized spacial score (nSPS) is 13.7. The Morgan fingerprint density at radius 2 is 2.00 bits per heavy atom. The fourth-order valence-electron chi connectivity index (χ4n) is 1.17. The molecule has 0 aliphatic rings. The Bertz CT molecular complexity index is 377. The average molecular weight is 208 g/mol. The maximum Gasteiger partial charge on any atom is 0.186 e. The first kappa shape index (κ1) is 10.9. The molecule has 1 aromatic rings. The van der Waals surface area contributed by atoms with Crippen molar-refractivity contribution in [3.63, 3.8) is 0 Å². The van der Waals surface area contributed by atoms with Gasteiger partial charge in [-0.1, -0.05) is 30.9 Å². The van der Waals surface area contributed by atoms with Crippen LogP contribution >= 0.6 is 0 Å². The highest BCUT2D eigenvalue weighted by Gasteiger charge is 2.00. The minimum absolute atomic E-state index is 0.410. The topological polar surface area (TPSA) is 37.3 Å². The Balaban J connectivity index is 3.05. The van der Waals surface area contributed by atoms with E-state index in [1.54, 1.807) is 30.3 Å². The van der Waals surface area contributed by atoms with E-state index in [4.69, 9.17) is 4.55 Å². The van der Waals surface area contributed by atoms with Gasteiger partial charge >= 0.3 is 0 Å². The fraction of sp³-hybridized carbons (Fsp3) is 0.0909. The second-order valence-electron chi connectivity index (χ2n) is 2.72. The lowest BCUT2D eigenvalue weighted by Crippen LogP contribution is -1.88. The standard InChI is InChI=1S/C11H12O2S/c1-3-9(4-2)10-5-7-11(8-6-10)14(12)13/h3-8H,1H2,2H3,(H,12,13). The molecule has 0 heterocycles. The van der Waals surface area contributed by atoms with Gasteiger partial charge in [0, 0.05) is 0 Å². The van der Waals surface area contributed by atoms with E-state index in [1.165, 1.54) is 0 Å². The maximum absolute atomic E-state index is 10.7. The van der Waals surface area contributed by atoms with Crippen LogP contribution < -0.4 is 0 Å². The van der Waals surface area contributed by atoms with Crippen LogP contribution in [0.15, 0.2) is 47.9 Å². The molecule has 0 aliphatic heterocycles. The highest BCUT2D eigenvalue weighted by molar-refractivity contribution is 7.79. The summed E-state index contributed by atoms with van der Waals surface area (Å²) in [5.74, 6) is 0. The predicted molar refractivity (Wildman–Crippen MR) is 59.3 cm³/mol. The van der Waals surface area contributed by atoms with Crippen LogP contribution in [0.5, 0.6) is 0 Å². The molecule has 0 radical (unpaired) electrons. The van der Waals surface area contributed by atoms with Gasteiger partial charge in [-0.25, -0.2) is 4.21 Å². The SMILES string of the molecule is C=CC(=CC)c1ccc(S(=O)O)cc1. The van der Waals surface area contributed by atoms with Gasteiger partial charge in [-0.3, -0.25) is 0 Å². The maximum atomic E-state index is 10.7. The van der Waals surface area contributed by atoms with Crippen LogP contribution in [0.1, 0.15) is 12.5 Å². The number of rotatable bonds is 3. The molecule has 1 rings (SSSR count). The van der Waals surface area contributed by atoms with Gasteiger partial charge in [0.15, 0.2) is 11.1 Å². The van der Waals surface area contributed by atoms with Gasteiger partial charge in [-0.15, -0.1) is 0 Å². The number of allylic oxidation sites excluding steroid dienone is 3. The van der Waals surface area contributed by atoms with E-state index in [0.717, 1.165) is 11.1 Å². The van der Waals surface area contributed by atoms with Gasteiger partial charge in [0.1, 0.15) is 0 Å². The van der Waals surface area contributed by atoms with E-state index >= 15 is 0 Å². The van der Waals surface area contributed by atoms with Crippen molar-refractivity contribution >= 4 is 16.7 Å². The van der Waals surface area contributed by atoms with Crippen molar-refractivity contribution in [3.05, 3.63) is 48.6 Å². The van der Waals surface area contributed by atoms with Crippen LogP contribution in [-0.4, -0.2) is 8.76 Å². The lowest BCUT2D eigenvalue weighted by molar-refractivity contribution is 0.564. The first-order chi connectivity index (χ1) is 6.69. The van der Waals surface area contributed by atoms with Crippen LogP contribution in [0.2, 0.25) is 0 Å². The number of hydrogen-bond donors (Lipinski definition) is 1. The van der Waals surface area contributed by atoms with E-state index < -0.39 is 11.1 Å². The third-order valence-electron chi connectivity index (χ3n) is 1.92. The van der Waals surface area contributed by atoms with Crippen LogP contribution in [0, 0.1) is 0 Å². The first-order valence-electron chi connectivity index (χ1n) is 4.19. The third-order valence-corrected chi connectivity index (χ3v) is 2.60. The van der Waals surface area contributed by atoms with Crippen LogP contribution in [0.25, 0.3) is 5.57 Å². The molecule has 14 heavy (non-hydrogen) atoms. The largest absolute Gasteiger partial charge is 0.302 e. The van der Waals surface area contributed by atoms with Crippen LogP contribution in [0.3, 0.4) is 0 Å². The van der Waals surface area contributed by atoms with Gasteiger partial charge in [0.2, 0.25) is 0 Å². The minimum Gasteiger partial charge on any atom is -0.302 e. The summed E-state index contributed by atoms with van der Waals surface area (Å²) >= 11 is -1.90. The number of benzene rings is 1. The highest BCUT2D eigenvalue weighted by Crippen LogP contribution is 2.16. The zero-order valence-electron chi connectivity index (χ0n) is 7.93. The molecule has 0 saturated carbocycles. The van der Waals surface area contributed by atoms with Crippen molar-refractivity contribution in [1.29, 1.82) is 0 Å². The molecule has 0 saturated heterocycles. The summed E-state index contributed by atoms with van der Waals surface area (Å²) < 4.78 is 19.5. The minimum atomic E-state index is -1.90. The van der Waals surface area contributed by atoms with Crippen molar-refractivity contribution in [2.45, 2.75) is 11.8 Å². The molecule has 1 unspecified atom stereocenters. The molecule has 0 amide bonds. The molecule has 0 fully saturated rings. The zero-order valence-corrected chi connectivity index (χ0v) is 8.75. The van der Waals surface area contributed by atoms with Crippen LogP contribution in [-0.2, 0) is 11.1 Å². The van der Waals surface area contributed by atoms with Gasteiger partial charge in [-0.2, -0.15) is 0 Å². The molecule has 0 aromatic heterocycles. The average Bonchev–Trinajstić information content (AvgIpc) is 2.20. The smallest absolute Gasteiger partial charge is 0.186 e. The Labute approximate surface area is 86.3 Å². The molecule has 3 heteroatoms. The summed E-state index contributed by atoms with van der Waals surface area (Å²) in [5.41, 5.74) is 2.01. The second kappa shape index (κ2) is 4.88. The quantitative estimate of drug-likeness (QED) is 0.612. The lowest BCUT2D eigenvalue weighted by Gasteiger charge is -2.01. The fourth-order valence-corrected chi connectivity index (χ4v) is 1.54. The molecule has 0 aliphatic carbocycles. The molecule has 0 spiro atoms. The molecule has 1 aromatic carbocycles. The Kier molecular flexibility index (Phi) is 3.80. The van der Waals surface area contributed by atoms with Gasteiger partial charge in [-0.05, 0) is 30.2 Å². The van der Waals surface area contributed by atoms with E-state index in [-0.39, 0.29) is 0 Å². The molecule has 74 valence electrons. The van der Waals surface area contributed by atoms with Crippen molar-refractivity contribution in [1.82, 2.24) is 0 Å². The van der Waals surface area contributed by atoms with Crippen molar-refractivity contribution in [2.75, 3.05) is 0 Å². The number of hydrogen-bond acceptors (Lipinski definition) is 1. The molecule has 0 bridgehead atoms. The van der Waals surface area contributed by atoms with Gasteiger partial charge in [0.05, 0.1) is 4.90 Å². The summed E-state index contributed by atoms with van der Waals surface area (Å²) in [7, 11) is 0. The molecule has 1 atom stereocenters. The summed E-state index contributed by atoms with van der Waals surface area (Å²) in [5, 5.41) is 0. The molecule has 2 nitrogen and oxygen atoms in total. The van der Waals surface area contributed by atoms with Crippen LogP contribution in [0.4, 0.5) is 0 Å². The second-order valence-corrected chi connectivity index (χ2v) is 3.69. The van der Waals surface area contributed by atoms with Crippen molar-refractivity contribution in [2.24, 2.45) is 0 Å². The zero-order chi connectivity index (χ0) is 10.6. The lowest BCUT2D eigenvalue weighted by atomic mass is 10.1. The van der Waals surface area contributed by atoms with E-state index in [9.17, 15) is 4.21 Å². The van der Waals surface area contributed by atoms with Gasteiger partial charge in [0.25, 0.3) is 0 Å². The van der Waals surface area contributed by atoms with Crippen molar-refractivity contribution in [3.8, 4) is 0 Å². The predicted octanol–water partition coefficient (Wildman–Crippen LogP) is 2.86. The summed E-state index contributed by atoms with van der Waals surface area (Å²) in [6.07, 6.45) is 3.70. The molecule has 1 N–H and O–H groups in total. The monoisotopic (exact) mass is 208 g/mol. The Morgan fingerprint density at radius 1 is 1.43 bits per heavy atom. The summed E-state index contributed by atoms with van der Waals surface area (Å²) in [4.78, 5) is 0.410. The Hall–Kier alpha value is -1.19. The Morgan fingerprint density at radius 3 is 2.36 bits per heavy atom. The van der Waals surface area contributed by atoms with Gasteiger partial charge < -0.3 is 4.55 Å². The highest BCUT2D eigenvalue weighted by atomic mass is 32.2. The van der Waals surface area contributed by atoms with E-state index in [1.807, 2.05) is 13.0 Å². The first-order valence-corrected chi connectivity index (χ1v) is 5.29. The summed E-state index contributed by atoms with van der Waals surface area (Å²) in [6, 6.07) is 6.89. The van der Waals surface area contributed by atoms with E-state index in [2.05, 4.69) is 6.58 Å². The molecular formula is C11H12O2S. The third kappa shape index (κ3) is 2.40.